The summed E-state index contributed by atoms with van der Waals surface area (Å²) < 4.78 is 11.8. The fourth-order valence-electron chi connectivity index (χ4n) is 2.84. The van der Waals surface area contributed by atoms with Gasteiger partial charge in [0, 0.05) is 17.3 Å². The molecule has 26 heavy (non-hydrogen) atoms. The highest BCUT2D eigenvalue weighted by Gasteiger charge is 2.19. The van der Waals surface area contributed by atoms with Gasteiger partial charge in [-0.2, -0.15) is 5.26 Å². The van der Waals surface area contributed by atoms with E-state index in [0.717, 1.165) is 25.8 Å². The Labute approximate surface area is 165 Å². The lowest BCUT2D eigenvalue weighted by atomic mass is 9.92. The van der Waals surface area contributed by atoms with E-state index < -0.39 is 0 Å². The van der Waals surface area contributed by atoms with Gasteiger partial charge >= 0.3 is 0 Å². The van der Waals surface area contributed by atoms with E-state index in [1.54, 1.807) is 20.4 Å². The van der Waals surface area contributed by atoms with Gasteiger partial charge in [-0.05, 0) is 45.9 Å². The Hall–Kier alpha value is -2.79. The number of benzene rings is 2. The summed E-state index contributed by atoms with van der Waals surface area (Å²) in [7, 11) is 3.18. The Morgan fingerprint density at radius 2 is 1.81 bits per heavy atom. The first-order valence-corrected chi connectivity index (χ1v) is 8.84. The molecule has 0 unspecified atom stereocenters. The minimum Gasteiger partial charge on any atom is -0.493 e. The SMILES string of the molecule is COc1cc(-c2c(-c3ccccc3)cnc(N)c2C#N)cc(I)c1OC. The Balaban J connectivity index is 2.36. The number of hydrogen-bond donors (Lipinski definition) is 1. The largest absolute Gasteiger partial charge is 0.493 e. The van der Waals surface area contributed by atoms with Gasteiger partial charge in [-0.15, -0.1) is 0 Å². The van der Waals surface area contributed by atoms with Crippen LogP contribution in [0.3, 0.4) is 0 Å². The number of rotatable bonds is 4. The van der Waals surface area contributed by atoms with Crippen LogP contribution in [-0.4, -0.2) is 19.2 Å². The molecule has 6 heteroatoms. The second kappa shape index (κ2) is 7.62. The van der Waals surface area contributed by atoms with Gasteiger partial charge in [-0.3, -0.25) is 0 Å². The van der Waals surface area contributed by atoms with Crippen molar-refractivity contribution in [2.75, 3.05) is 20.0 Å². The average Bonchev–Trinajstić information content (AvgIpc) is 2.67. The zero-order valence-corrected chi connectivity index (χ0v) is 16.4. The second-order valence-electron chi connectivity index (χ2n) is 5.48. The minimum atomic E-state index is 0.201. The highest BCUT2D eigenvalue weighted by molar-refractivity contribution is 14.1. The van der Waals surface area contributed by atoms with E-state index in [1.165, 1.54) is 0 Å². The summed E-state index contributed by atoms with van der Waals surface area (Å²) in [5.41, 5.74) is 9.66. The van der Waals surface area contributed by atoms with Crippen LogP contribution < -0.4 is 15.2 Å². The van der Waals surface area contributed by atoms with Crippen LogP contribution in [0.2, 0.25) is 0 Å². The molecular weight excluding hydrogens is 441 g/mol. The molecule has 1 aromatic heterocycles. The molecule has 0 saturated carbocycles. The van der Waals surface area contributed by atoms with Gasteiger partial charge in [-0.1, -0.05) is 30.3 Å². The van der Waals surface area contributed by atoms with Crippen molar-refractivity contribution in [2.45, 2.75) is 0 Å². The first-order valence-electron chi connectivity index (χ1n) is 7.76. The van der Waals surface area contributed by atoms with Crippen LogP contribution in [0.5, 0.6) is 11.5 Å². The quantitative estimate of drug-likeness (QED) is 0.584. The number of halogens is 1. The molecule has 2 N–H and O–H groups in total. The highest BCUT2D eigenvalue weighted by atomic mass is 127. The number of pyridine rings is 1. The molecule has 0 aliphatic heterocycles. The van der Waals surface area contributed by atoms with Crippen molar-refractivity contribution in [2.24, 2.45) is 0 Å². The fourth-order valence-corrected chi connectivity index (χ4v) is 3.66. The van der Waals surface area contributed by atoms with Crippen LogP contribution in [0.1, 0.15) is 5.56 Å². The molecule has 0 aliphatic rings. The van der Waals surface area contributed by atoms with Crippen molar-refractivity contribution < 1.29 is 9.47 Å². The third-order valence-electron chi connectivity index (χ3n) is 4.03. The number of nitriles is 1. The third-order valence-corrected chi connectivity index (χ3v) is 4.83. The van der Waals surface area contributed by atoms with Crippen molar-refractivity contribution in [1.29, 1.82) is 5.26 Å². The molecule has 0 fully saturated rings. The summed E-state index contributed by atoms with van der Waals surface area (Å²) in [5, 5.41) is 9.70. The van der Waals surface area contributed by atoms with Crippen molar-refractivity contribution in [3.63, 3.8) is 0 Å². The monoisotopic (exact) mass is 457 g/mol. The highest BCUT2D eigenvalue weighted by Crippen LogP contribution is 2.42. The van der Waals surface area contributed by atoms with Gasteiger partial charge in [0.25, 0.3) is 0 Å². The number of hydrogen-bond acceptors (Lipinski definition) is 5. The van der Waals surface area contributed by atoms with Gasteiger partial charge in [0.05, 0.1) is 17.8 Å². The summed E-state index contributed by atoms with van der Waals surface area (Å²) in [6, 6.07) is 15.8. The normalized spacial score (nSPS) is 10.2. The van der Waals surface area contributed by atoms with E-state index in [0.29, 0.717) is 17.1 Å². The van der Waals surface area contributed by atoms with Gasteiger partial charge in [0.1, 0.15) is 17.5 Å². The maximum absolute atomic E-state index is 9.70. The summed E-state index contributed by atoms with van der Waals surface area (Å²) in [6.45, 7) is 0. The molecular formula is C20H16IN3O2. The van der Waals surface area contributed by atoms with Crippen LogP contribution in [0, 0.1) is 14.9 Å². The molecule has 0 saturated heterocycles. The molecule has 0 atom stereocenters. The first-order chi connectivity index (χ1) is 12.6. The minimum absolute atomic E-state index is 0.201. The zero-order chi connectivity index (χ0) is 18.7. The predicted molar refractivity (Wildman–Crippen MR) is 110 cm³/mol. The number of nitrogens with two attached hydrogens (primary N) is 1. The summed E-state index contributed by atoms with van der Waals surface area (Å²) >= 11 is 2.19. The summed E-state index contributed by atoms with van der Waals surface area (Å²) in [5.74, 6) is 1.44. The van der Waals surface area contributed by atoms with Crippen LogP contribution in [0.25, 0.3) is 22.3 Å². The van der Waals surface area contributed by atoms with Crippen LogP contribution in [0.4, 0.5) is 5.82 Å². The molecule has 3 aromatic rings. The molecule has 0 spiro atoms. The maximum atomic E-state index is 9.70. The van der Waals surface area contributed by atoms with Crippen LogP contribution >= 0.6 is 22.6 Å². The molecule has 130 valence electrons. The van der Waals surface area contributed by atoms with E-state index in [-0.39, 0.29) is 5.82 Å². The molecule has 2 aromatic carbocycles. The van der Waals surface area contributed by atoms with E-state index in [1.807, 2.05) is 42.5 Å². The van der Waals surface area contributed by atoms with E-state index in [2.05, 4.69) is 33.6 Å². The van der Waals surface area contributed by atoms with E-state index in [9.17, 15) is 5.26 Å². The maximum Gasteiger partial charge on any atom is 0.174 e. The van der Waals surface area contributed by atoms with Gasteiger partial charge in [0.15, 0.2) is 11.5 Å². The van der Waals surface area contributed by atoms with Crippen LogP contribution in [0.15, 0.2) is 48.7 Å². The molecule has 3 rings (SSSR count). The summed E-state index contributed by atoms with van der Waals surface area (Å²) in [4.78, 5) is 4.21. The zero-order valence-electron chi connectivity index (χ0n) is 14.3. The topological polar surface area (TPSA) is 81.2 Å². The van der Waals surface area contributed by atoms with Gasteiger partial charge in [-0.25, -0.2) is 4.98 Å². The Kier molecular flexibility index (Phi) is 5.28. The van der Waals surface area contributed by atoms with E-state index >= 15 is 0 Å². The smallest absolute Gasteiger partial charge is 0.174 e. The lowest BCUT2D eigenvalue weighted by molar-refractivity contribution is 0.353. The molecule has 1 heterocycles. The van der Waals surface area contributed by atoms with Crippen molar-refractivity contribution in [3.05, 3.63) is 57.8 Å². The lowest BCUT2D eigenvalue weighted by Crippen LogP contribution is -2.01. The Morgan fingerprint density at radius 3 is 2.42 bits per heavy atom. The number of ether oxygens (including phenoxy) is 2. The van der Waals surface area contributed by atoms with Crippen molar-refractivity contribution in [1.82, 2.24) is 4.98 Å². The number of nitrogen functional groups attached to an aromatic ring is 1. The number of anilines is 1. The molecule has 0 aliphatic carbocycles. The standard InChI is InChI=1S/C20H16IN3O2/c1-25-17-9-13(8-16(21)19(17)26-2)18-14(10-22)20(23)24-11-15(18)12-6-4-3-5-7-12/h3-9,11H,1-2H3,(H2,23,24). The molecule has 5 nitrogen and oxygen atoms in total. The second-order valence-corrected chi connectivity index (χ2v) is 6.64. The van der Waals surface area contributed by atoms with E-state index in [4.69, 9.17) is 15.2 Å². The number of aromatic nitrogens is 1. The van der Waals surface area contributed by atoms with Gasteiger partial charge in [0.2, 0.25) is 0 Å². The van der Waals surface area contributed by atoms with Crippen LogP contribution in [-0.2, 0) is 0 Å². The van der Waals surface area contributed by atoms with Gasteiger partial charge < -0.3 is 15.2 Å². The molecule has 0 bridgehead atoms. The molecule has 0 radical (unpaired) electrons. The Morgan fingerprint density at radius 1 is 1.08 bits per heavy atom. The lowest BCUT2D eigenvalue weighted by Gasteiger charge is -2.16. The van der Waals surface area contributed by atoms with Crippen molar-refractivity contribution >= 4 is 28.4 Å². The average molecular weight is 457 g/mol. The van der Waals surface area contributed by atoms with Crippen molar-refractivity contribution in [3.8, 4) is 39.8 Å². The molecule has 0 amide bonds. The summed E-state index contributed by atoms with van der Waals surface area (Å²) in [6.07, 6.45) is 1.70. The third kappa shape index (κ3) is 3.18. The Bertz CT molecular complexity index is 998. The number of nitrogens with zero attached hydrogens (tertiary/aromatic N) is 2. The fraction of sp³-hybridized carbons (Fsp3) is 0.100. The number of methoxy groups -OCH3 is 2. The first kappa shape index (κ1) is 18.0. The predicted octanol–water partition coefficient (Wildman–Crippen LogP) is 4.49.